The maximum Gasteiger partial charge on any atom is 0.0640 e. The van der Waals surface area contributed by atoms with Crippen LogP contribution < -0.4 is 11.1 Å². The number of benzene rings is 1. The minimum Gasteiger partial charge on any atom is -0.396 e. The quantitative estimate of drug-likeness (QED) is 0.782. The van der Waals surface area contributed by atoms with E-state index in [-0.39, 0.29) is 18.7 Å². The number of halogens is 2. The van der Waals surface area contributed by atoms with Crippen LogP contribution >= 0.6 is 23.2 Å². The molecule has 3 atom stereocenters. The van der Waals surface area contributed by atoms with Crippen molar-refractivity contribution < 1.29 is 5.11 Å². The van der Waals surface area contributed by atoms with Gasteiger partial charge in [-0.15, -0.1) is 0 Å². The molecule has 0 spiro atoms. The molecule has 1 aliphatic carbocycles. The molecule has 0 saturated heterocycles. The van der Waals surface area contributed by atoms with Crippen molar-refractivity contribution in [3.8, 4) is 0 Å². The van der Waals surface area contributed by atoms with Crippen molar-refractivity contribution in [3.63, 3.8) is 0 Å². The Bertz CT molecular complexity index is 442. The van der Waals surface area contributed by atoms with Crippen LogP contribution in [-0.2, 0) is 0 Å². The van der Waals surface area contributed by atoms with E-state index in [2.05, 4.69) is 5.32 Å². The molecule has 0 radical (unpaired) electrons. The second-order valence-corrected chi connectivity index (χ2v) is 6.22. The van der Waals surface area contributed by atoms with Gasteiger partial charge >= 0.3 is 0 Å². The van der Waals surface area contributed by atoms with Gasteiger partial charge < -0.3 is 16.2 Å². The molecule has 112 valence electrons. The predicted molar refractivity (Wildman–Crippen MR) is 84.2 cm³/mol. The number of hydrogen-bond donors (Lipinski definition) is 3. The van der Waals surface area contributed by atoms with Crippen LogP contribution in [0, 0.1) is 5.92 Å². The molecule has 0 bridgehead atoms. The molecule has 0 aromatic heterocycles. The van der Waals surface area contributed by atoms with E-state index >= 15 is 0 Å². The third kappa shape index (κ3) is 3.66. The van der Waals surface area contributed by atoms with Crippen LogP contribution in [0.25, 0.3) is 0 Å². The minimum absolute atomic E-state index is 0.0293. The van der Waals surface area contributed by atoms with E-state index in [4.69, 9.17) is 28.9 Å². The second kappa shape index (κ2) is 7.62. The highest BCUT2D eigenvalue weighted by atomic mass is 35.5. The molecule has 4 N–H and O–H groups in total. The zero-order chi connectivity index (χ0) is 14.5. The van der Waals surface area contributed by atoms with Crippen LogP contribution in [0.1, 0.15) is 37.3 Å². The standard InChI is InChI=1S/C15H22Cl2N2O/c16-12-6-3-5-11(15(12)17)14(8-18)19-13-7-2-1-4-10(13)9-20/h3,5-6,10,13-14,19-20H,1-2,4,7-9,18H2. The van der Waals surface area contributed by atoms with Crippen molar-refractivity contribution in [2.24, 2.45) is 11.7 Å². The SMILES string of the molecule is NCC(NC1CCCCC1CO)c1cccc(Cl)c1Cl. The first-order valence-corrected chi connectivity index (χ1v) is 7.93. The van der Waals surface area contributed by atoms with Gasteiger partial charge in [0.1, 0.15) is 0 Å². The van der Waals surface area contributed by atoms with Gasteiger partial charge in [-0.1, -0.05) is 48.2 Å². The fraction of sp³-hybridized carbons (Fsp3) is 0.600. The van der Waals surface area contributed by atoms with E-state index in [0.717, 1.165) is 18.4 Å². The summed E-state index contributed by atoms with van der Waals surface area (Å²) in [6.45, 7) is 0.674. The predicted octanol–water partition coefficient (Wildman–Crippen LogP) is 3.13. The first-order chi connectivity index (χ1) is 9.67. The Hall–Kier alpha value is -0.320. The Morgan fingerprint density at radius 1 is 1.30 bits per heavy atom. The molecule has 1 saturated carbocycles. The molecular formula is C15H22Cl2N2O. The molecule has 0 aliphatic heterocycles. The number of nitrogens with one attached hydrogen (secondary N) is 1. The number of hydrogen-bond acceptors (Lipinski definition) is 3. The van der Waals surface area contributed by atoms with Gasteiger partial charge in [-0.2, -0.15) is 0 Å². The van der Waals surface area contributed by atoms with Crippen molar-refractivity contribution in [1.82, 2.24) is 5.32 Å². The molecule has 3 nitrogen and oxygen atoms in total. The molecule has 20 heavy (non-hydrogen) atoms. The first-order valence-electron chi connectivity index (χ1n) is 7.18. The summed E-state index contributed by atoms with van der Waals surface area (Å²) in [7, 11) is 0. The van der Waals surface area contributed by atoms with E-state index in [1.807, 2.05) is 12.1 Å². The Kier molecular flexibility index (Phi) is 6.12. The van der Waals surface area contributed by atoms with Gasteiger partial charge in [-0.3, -0.25) is 0 Å². The van der Waals surface area contributed by atoms with Crippen LogP contribution in [-0.4, -0.2) is 24.3 Å². The third-order valence-corrected chi connectivity index (χ3v) is 4.98. The molecule has 3 unspecified atom stereocenters. The molecule has 5 heteroatoms. The minimum atomic E-state index is -0.0293. The van der Waals surface area contributed by atoms with Crippen molar-refractivity contribution in [3.05, 3.63) is 33.8 Å². The molecular weight excluding hydrogens is 295 g/mol. The number of aliphatic hydroxyl groups excluding tert-OH is 1. The van der Waals surface area contributed by atoms with Crippen LogP contribution in [0.4, 0.5) is 0 Å². The smallest absolute Gasteiger partial charge is 0.0640 e. The largest absolute Gasteiger partial charge is 0.396 e. The normalized spacial score (nSPS) is 24.6. The lowest BCUT2D eigenvalue weighted by atomic mass is 9.84. The Balaban J connectivity index is 2.13. The summed E-state index contributed by atoms with van der Waals surface area (Å²) in [5.74, 6) is 0.302. The average Bonchev–Trinajstić information content (AvgIpc) is 2.48. The van der Waals surface area contributed by atoms with E-state index < -0.39 is 0 Å². The van der Waals surface area contributed by atoms with Crippen molar-refractivity contribution in [2.45, 2.75) is 37.8 Å². The molecule has 0 amide bonds. The zero-order valence-corrected chi connectivity index (χ0v) is 13.0. The van der Waals surface area contributed by atoms with Crippen molar-refractivity contribution >= 4 is 23.2 Å². The monoisotopic (exact) mass is 316 g/mol. The van der Waals surface area contributed by atoms with E-state index in [1.165, 1.54) is 12.8 Å². The number of nitrogens with two attached hydrogens (primary N) is 1. The van der Waals surface area contributed by atoms with Crippen LogP contribution in [0.5, 0.6) is 0 Å². The van der Waals surface area contributed by atoms with Gasteiger partial charge in [0.15, 0.2) is 0 Å². The Labute approximate surface area is 130 Å². The number of rotatable bonds is 5. The second-order valence-electron chi connectivity index (χ2n) is 5.43. The fourth-order valence-electron chi connectivity index (χ4n) is 2.98. The lowest BCUT2D eigenvalue weighted by Crippen LogP contribution is -2.44. The molecule has 0 heterocycles. The summed E-state index contributed by atoms with van der Waals surface area (Å²) >= 11 is 12.4. The van der Waals surface area contributed by atoms with Crippen LogP contribution in [0.15, 0.2) is 18.2 Å². The maximum atomic E-state index is 9.50. The number of aliphatic hydroxyl groups is 1. The molecule has 1 aromatic rings. The van der Waals surface area contributed by atoms with Gasteiger partial charge in [0.25, 0.3) is 0 Å². The zero-order valence-electron chi connectivity index (χ0n) is 11.5. The van der Waals surface area contributed by atoms with Gasteiger partial charge in [-0.05, 0) is 30.4 Å². The maximum absolute atomic E-state index is 9.50. The Morgan fingerprint density at radius 3 is 2.75 bits per heavy atom. The van der Waals surface area contributed by atoms with Gasteiger partial charge in [0.2, 0.25) is 0 Å². The lowest BCUT2D eigenvalue weighted by Gasteiger charge is -2.34. The third-order valence-electron chi connectivity index (χ3n) is 4.15. The van der Waals surface area contributed by atoms with Crippen molar-refractivity contribution in [2.75, 3.05) is 13.2 Å². The van der Waals surface area contributed by atoms with Gasteiger partial charge in [0.05, 0.1) is 10.0 Å². The summed E-state index contributed by atoms with van der Waals surface area (Å²) in [6, 6.07) is 5.88. The van der Waals surface area contributed by atoms with Gasteiger partial charge in [-0.25, -0.2) is 0 Å². The molecule has 1 aliphatic rings. The molecule has 2 rings (SSSR count). The lowest BCUT2D eigenvalue weighted by molar-refractivity contribution is 0.146. The highest BCUT2D eigenvalue weighted by molar-refractivity contribution is 6.42. The summed E-state index contributed by atoms with van der Waals surface area (Å²) < 4.78 is 0. The molecule has 1 fully saturated rings. The Morgan fingerprint density at radius 2 is 2.05 bits per heavy atom. The first kappa shape index (κ1) is 16.1. The summed E-state index contributed by atoms with van der Waals surface area (Å²) in [5.41, 5.74) is 6.84. The van der Waals surface area contributed by atoms with E-state index in [0.29, 0.717) is 22.5 Å². The molecule has 1 aromatic carbocycles. The van der Waals surface area contributed by atoms with E-state index in [1.54, 1.807) is 6.07 Å². The van der Waals surface area contributed by atoms with E-state index in [9.17, 15) is 5.11 Å². The summed E-state index contributed by atoms with van der Waals surface area (Å²) in [6.07, 6.45) is 4.51. The highest BCUT2D eigenvalue weighted by Crippen LogP contribution is 2.32. The van der Waals surface area contributed by atoms with Gasteiger partial charge in [0, 0.05) is 25.2 Å². The van der Waals surface area contributed by atoms with Crippen LogP contribution in [0.3, 0.4) is 0 Å². The fourth-order valence-corrected chi connectivity index (χ4v) is 3.42. The topological polar surface area (TPSA) is 58.3 Å². The average molecular weight is 317 g/mol. The van der Waals surface area contributed by atoms with Crippen molar-refractivity contribution in [1.29, 1.82) is 0 Å². The van der Waals surface area contributed by atoms with Crippen LogP contribution in [0.2, 0.25) is 10.0 Å². The highest BCUT2D eigenvalue weighted by Gasteiger charge is 2.27. The summed E-state index contributed by atoms with van der Waals surface area (Å²) in [4.78, 5) is 0. The summed E-state index contributed by atoms with van der Waals surface area (Å²) in [5, 5.41) is 14.2.